The van der Waals surface area contributed by atoms with E-state index in [2.05, 4.69) is 57.3 Å². The van der Waals surface area contributed by atoms with Crippen LogP contribution >= 0.6 is 11.6 Å². The lowest BCUT2D eigenvalue weighted by atomic mass is 9.88. The molecule has 0 bridgehead atoms. The summed E-state index contributed by atoms with van der Waals surface area (Å²) in [7, 11) is 0. The average molecular weight is 567 g/mol. The Morgan fingerprint density at radius 3 is 2.52 bits per heavy atom. The molecule has 1 saturated heterocycles. The molecule has 6 N–H and O–H groups in total. The van der Waals surface area contributed by atoms with Crippen molar-refractivity contribution in [3.8, 4) is 0 Å². The van der Waals surface area contributed by atoms with Crippen LogP contribution in [0.15, 0.2) is 44.1 Å². The number of amides is 2. The smallest absolute Gasteiger partial charge is 0.280 e. The number of hydrogen-bond acceptors (Lipinski definition) is 11. The number of likely N-dealkylation sites (tertiary alicyclic amines) is 1. The number of carbonyl (C=O) groups is 2. The third-order valence-electron chi connectivity index (χ3n) is 7.11. The van der Waals surface area contributed by atoms with Crippen molar-refractivity contribution in [2.45, 2.75) is 38.8 Å². The molecule has 0 aliphatic carbocycles. The zero-order chi connectivity index (χ0) is 28.4. The van der Waals surface area contributed by atoms with Gasteiger partial charge in [-0.3, -0.25) is 19.9 Å². The quantitative estimate of drug-likeness (QED) is 0.202. The summed E-state index contributed by atoms with van der Waals surface area (Å²) in [6.07, 6.45) is 3.02. The zero-order valence-electron chi connectivity index (χ0n) is 21.8. The minimum Gasteiger partial charge on any atom is -0.349 e. The number of halogens is 1. The highest BCUT2D eigenvalue weighted by Gasteiger charge is 2.40. The van der Waals surface area contributed by atoms with Crippen LogP contribution in [0.2, 0.25) is 5.15 Å². The second-order valence-electron chi connectivity index (χ2n) is 9.64. The van der Waals surface area contributed by atoms with E-state index in [1.54, 1.807) is 6.33 Å². The van der Waals surface area contributed by atoms with E-state index in [1.165, 1.54) is 0 Å². The number of aliphatic imine (C=N–C) groups is 1. The topological polar surface area (TPSA) is 219 Å². The Hall–Kier alpha value is -4.73. The van der Waals surface area contributed by atoms with E-state index in [-0.39, 0.29) is 46.4 Å². The monoisotopic (exact) mass is 566 g/mol. The standard InChI is InChI=1S/C23H27ClN14O2/c1-12-7-14-15(8-13(12)2)38(11-28-14)9-16(39)37-5-3-23(4-6-37)10-27-22(32-23)31-21(40)17-19(33-35-25)30-20(34-36-26)18(24)29-17/h7-8,11H,3-6,9-10H2,1-2H3,(H2,27,31,32,40)(H4,25,26,30,33,34). The number of aromatic nitrogens is 4. The van der Waals surface area contributed by atoms with Crippen LogP contribution in [-0.4, -0.2) is 67.4 Å². The first-order valence-corrected chi connectivity index (χ1v) is 12.7. The number of aryl methyl sites for hydroxylation is 2. The molecule has 5 rings (SSSR count). The van der Waals surface area contributed by atoms with E-state index in [4.69, 9.17) is 23.3 Å². The molecule has 0 unspecified atom stereocenters. The van der Waals surface area contributed by atoms with Crippen molar-refractivity contribution >= 4 is 52.0 Å². The highest BCUT2D eigenvalue weighted by molar-refractivity contribution is 6.31. The Kier molecular flexibility index (Phi) is 7.25. The summed E-state index contributed by atoms with van der Waals surface area (Å²) < 4.78 is 1.89. The molecular weight excluding hydrogens is 540 g/mol. The van der Waals surface area contributed by atoms with Gasteiger partial charge >= 0.3 is 0 Å². The van der Waals surface area contributed by atoms with Crippen LogP contribution in [0.1, 0.15) is 34.5 Å². The molecule has 3 aromatic rings. The van der Waals surface area contributed by atoms with Crippen molar-refractivity contribution < 1.29 is 9.59 Å². The Bertz CT molecular complexity index is 1570. The molecule has 1 aromatic carbocycles. The molecule has 1 fully saturated rings. The van der Waals surface area contributed by atoms with Crippen molar-refractivity contribution in [2.75, 3.05) is 19.6 Å². The predicted molar refractivity (Wildman–Crippen MR) is 145 cm³/mol. The van der Waals surface area contributed by atoms with Gasteiger partial charge in [0.25, 0.3) is 5.91 Å². The largest absolute Gasteiger partial charge is 0.349 e. The summed E-state index contributed by atoms with van der Waals surface area (Å²) in [4.78, 5) is 44.7. The summed E-state index contributed by atoms with van der Waals surface area (Å²) in [5.41, 5.74) is 3.51. The molecule has 2 amide bonds. The van der Waals surface area contributed by atoms with Gasteiger partial charge in [-0.25, -0.2) is 15.0 Å². The highest BCUT2D eigenvalue weighted by atomic mass is 35.5. The third kappa shape index (κ3) is 5.25. The Balaban J connectivity index is 1.19. The number of benzene rings is 1. The third-order valence-corrected chi connectivity index (χ3v) is 7.36. The van der Waals surface area contributed by atoms with Crippen LogP contribution in [0.25, 0.3) is 11.0 Å². The number of hydrogen-bond donors (Lipinski definition) is 4. The van der Waals surface area contributed by atoms with Gasteiger partial charge in [0.05, 0.1) is 29.4 Å². The fourth-order valence-corrected chi connectivity index (χ4v) is 4.91. The number of carbonyl (C=O) groups excluding carboxylic acids is 2. The van der Waals surface area contributed by atoms with Crippen molar-refractivity contribution in [1.82, 2.24) is 35.1 Å². The van der Waals surface area contributed by atoms with Gasteiger partial charge in [-0.05, 0) is 49.9 Å². The van der Waals surface area contributed by atoms with Crippen LogP contribution in [0.3, 0.4) is 0 Å². The van der Waals surface area contributed by atoms with E-state index >= 15 is 0 Å². The van der Waals surface area contributed by atoms with Crippen molar-refractivity contribution in [2.24, 2.45) is 37.4 Å². The van der Waals surface area contributed by atoms with Crippen LogP contribution < -0.4 is 22.3 Å². The molecule has 0 saturated carbocycles. The molecule has 2 aromatic heterocycles. The second kappa shape index (κ2) is 10.8. The molecule has 16 nitrogen and oxygen atoms in total. The molecule has 40 heavy (non-hydrogen) atoms. The van der Waals surface area contributed by atoms with Gasteiger partial charge in [-0.2, -0.15) is 0 Å². The lowest BCUT2D eigenvalue weighted by Crippen LogP contribution is -2.57. The maximum absolute atomic E-state index is 13.1. The van der Waals surface area contributed by atoms with Gasteiger partial charge in [0.15, 0.2) is 16.8 Å². The fourth-order valence-electron chi connectivity index (χ4n) is 4.74. The van der Waals surface area contributed by atoms with Gasteiger partial charge < -0.3 is 26.5 Å². The SMILES string of the molecule is Cc1cc2ncn(CC(=O)N3CCC4(CC3)CN=C(NC(=O)c3nc(Cl)c(N=NN)nc3N=NN)N4)c2cc1C. The van der Waals surface area contributed by atoms with Gasteiger partial charge in [-0.15, -0.1) is 10.2 Å². The van der Waals surface area contributed by atoms with Crippen molar-refractivity contribution in [3.63, 3.8) is 0 Å². The first-order valence-electron chi connectivity index (χ1n) is 12.3. The van der Waals surface area contributed by atoms with Crippen LogP contribution in [-0.2, 0) is 11.3 Å². The molecule has 2 aliphatic rings. The molecule has 4 heterocycles. The molecular formula is C23H27ClN14O2. The summed E-state index contributed by atoms with van der Waals surface area (Å²) in [6, 6.07) is 4.10. The highest BCUT2D eigenvalue weighted by Crippen LogP contribution is 2.28. The number of piperidine rings is 1. The lowest BCUT2D eigenvalue weighted by molar-refractivity contribution is -0.133. The second-order valence-corrected chi connectivity index (χ2v) is 10.0. The van der Waals surface area contributed by atoms with E-state index in [9.17, 15) is 9.59 Å². The van der Waals surface area contributed by atoms with Crippen molar-refractivity contribution in [3.05, 3.63) is 40.4 Å². The van der Waals surface area contributed by atoms with Crippen LogP contribution in [0, 0.1) is 13.8 Å². The van der Waals surface area contributed by atoms with E-state index in [0.29, 0.717) is 32.5 Å². The number of fused-ring (bicyclic) bond motifs is 1. The normalized spacial score (nSPS) is 16.7. The van der Waals surface area contributed by atoms with Gasteiger partial charge in [0.1, 0.15) is 6.54 Å². The van der Waals surface area contributed by atoms with E-state index < -0.39 is 5.91 Å². The minimum atomic E-state index is -0.679. The fraction of sp³-hybridized carbons (Fsp3) is 0.391. The molecule has 17 heteroatoms. The number of nitrogens with one attached hydrogen (secondary N) is 2. The first-order chi connectivity index (χ1) is 19.2. The molecule has 1 spiro atoms. The first kappa shape index (κ1) is 26.9. The zero-order valence-corrected chi connectivity index (χ0v) is 22.6. The Morgan fingerprint density at radius 2 is 1.80 bits per heavy atom. The lowest BCUT2D eigenvalue weighted by Gasteiger charge is -2.39. The summed E-state index contributed by atoms with van der Waals surface area (Å²) >= 11 is 6.03. The summed E-state index contributed by atoms with van der Waals surface area (Å²) in [6.45, 7) is 5.84. The maximum atomic E-state index is 13.1. The van der Waals surface area contributed by atoms with E-state index in [0.717, 1.165) is 22.2 Å². The molecule has 2 aliphatic heterocycles. The maximum Gasteiger partial charge on any atom is 0.280 e. The molecule has 0 atom stereocenters. The van der Waals surface area contributed by atoms with Gasteiger partial charge in [0, 0.05) is 13.1 Å². The molecule has 208 valence electrons. The number of guanidine groups is 1. The Morgan fingerprint density at radius 1 is 1.10 bits per heavy atom. The average Bonchev–Trinajstić information content (AvgIpc) is 3.50. The number of rotatable bonds is 5. The van der Waals surface area contributed by atoms with Crippen molar-refractivity contribution in [1.29, 1.82) is 0 Å². The van der Waals surface area contributed by atoms with Gasteiger partial charge in [-0.1, -0.05) is 22.0 Å². The Labute approximate surface area is 233 Å². The minimum absolute atomic E-state index is 0.0227. The van der Waals surface area contributed by atoms with E-state index in [1.807, 2.05) is 29.4 Å². The van der Waals surface area contributed by atoms with Crippen LogP contribution in [0.5, 0.6) is 0 Å². The number of nitrogens with zero attached hydrogens (tertiary/aromatic N) is 10. The van der Waals surface area contributed by atoms with Crippen LogP contribution in [0.4, 0.5) is 11.6 Å². The predicted octanol–water partition coefficient (Wildman–Crippen LogP) is 1.76. The number of nitrogens with two attached hydrogens (primary N) is 2. The molecule has 0 radical (unpaired) electrons. The summed E-state index contributed by atoms with van der Waals surface area (Å²) in [5.74, 6) is 9.41. The van der Waals surface area contributed by atoms with Gasteiger partial charge in [0.2, 0.25) is 17.5 Å². The summed E-state index contributed by atoms with van der Waals surface area (Å²) in [5, 5.41) is 19.1. The number of imidazole rings is 1.